The number of halogens is 3. The van der Waals surface area contributed by atoms with Gasteiger partial charge in [0.15, 0.2) is 0 Å². The van der Waals surface area contributed by atoms with E-state index in [1.165, 1.54) is 24.8 Å². The van der Waals surface area contributed by atoms with Gasteiger partial charge >= 0.3 is 0 Å². The molecule has 0 bridgehead atoms. The Kier molecular flexibility index (Phi) is 7.79. The second kappa shape index (κ2) is 8.59. The number of benzene rings is 1. The molecule has 120 valence electrons. The minimum Gasteiger partial charge on any atom is -0.507 e. The van der Waals surface area contributed by atoms with Gasteiger partial charge in [-0.05, 0) is 52.4 Å². The summed E-state index contributed by atoms with van der Waals surface area (Å²) in [6.45, 7) is 4.42. The lowest BCUT2D eigenvalue weighted by atomic mass is 9.76. The summed E-state index contributed by atoms with van der Waals surface area (Å²) in [6.07, 6.45) is 4.05. The van der Waals surface area contributed by atoms with Crippen LogP contribution in [-0.2, 0) is 0 Å². The van der Waals surface area contributed by atoms with E-state index < -0.39 is 0 Å². The molecule has 3 rings (SSSR count). The highest BCUT2D eigenvalue weighted by atomic mass is 79.9. The van der Waals surface area contributed by atoms with Gasteiger partial charge in [0.25, 0.3) is 0 Å². The van der Waals surface area contributed by atoms with E-state index in [1.807, 2.05) is 6.07 Å². The summed E-state index contributed by atoms with van der Waals surface area (Å²) in [5.41, 5.74) is 1.34. The number of hydrogen-bond acceptors (Lipinski definition) is 3. The fourth-order valence-corrected chi connectivity index (χ4v) is 3.60. The average molecular weight is 398 g/mol. The van der Waals surface area contributed by atoms with Crippen LogP contribution in [0.1, 0.15) is 30.9 Å². The Hall–Kier alpha value is -0.000000000000000111. The van der Waals surface area contributed by atoms with Gasteiger partial charge in [-0.2, -0.15) is 0 Å². The van der Waals surface area contributed by atoms with Crippen LogP contribution >= 0.6 is 40.7 Å². The highest BCUT2D eigenvalue weighted by Crippen LogP contribution is 2.42. The molecule has 1 saturated heterocycles. The third kappa shape index (κ3) is 4.26. The van der Waals surface area contributed by atoms with Gasteiger partial charge in [-0.25, -0.2) is 0 Å². The molecule has 0 radical (unpaired) electrons. The fraction of sp³-hybridized carbons (Fsp3) is 0.600. The van der Waals surface area contributed by atoms with Crippen molar-refractivity contribution < 1.29 is 5.11 Å². The Balaban J connectivity index is 0.00000110. The molecule has 0 spiro atoms. The molecule has 2 fully saturated rings. The minimum absolute atomic E-state index is 0. The number of rotatable bonds is 3. The van der Waals surface area contributed by atoms with E-state index in [-0.39, 0.29) is 24.8 Å². The normalized spacial score (nSPS) is 20.8. The highest BCUT2D eigenvalue weighted by Gasteiger charge is 2.33. The molecule has 3 nitrogen and oxygen atoms in total. The second-order valence-electron chi connectivity index (χ2n) is 5.63. The van der Waals surface area contributed by atoms with E-state index in [4.69, 9.17) is 0 Å². The van der Waals surface area contributed by atoms with Crippen molar-refractivity contribution in [3.05, 3.63) is 28.2 Å². The highest BCUT2D eigenvalue weighted by molar-refractivity contribution is 9.10. The number of hydrogen-bond donors (Lipinski definition) is 2. The number of aromatic hydroxyl groups is 1. The van der Waals surface area contributed by atoms with Crippen molar-refractivity contribution in [3.8, 4) is 5.75 Å². The molecule has 1 atom stereocenters. The van der Waals surface area contributed by atoms with Crippen LogP contribution in [-0.4, -0.2) is 36.2 Å². The van der Waals surface area contributed by atoms with Gasteiger partial charge < -0.3 is 10.4 Å². The maximum Gasteiger partial charge on any atom is 0.129 e. The molecule has 2 aliphatic rings. The molecule has 2 N–H and O–H groups in total. The molecule has 6 heteroatoms. The second-order valence-corrected chi connectivity index (χ2v) is 6.49. The number of nitrogens with zero attached hydrogens (tertiary/aromatic N) is 1. The summed E-state index contributed by atoms with van der Waals surface area (Å²) >= 11 is 3.45. The van der Waals surface area contributed by atoms with Crippen molar-refractivity contribution in [2.45, 2.75) is 25.3 Å². The Morgan fingerprint density at radius 1 is 1.19 bits per heavy atom. The number of nitrogens with one attached hydrogen (secondary N) is 1. The zero-order valence-corrected chi connectivity index (χ0v) is 15.1. The van der Waals surface area contributed by atoms with Crippen LogP contribution in [0.2, 0.25) is 0 Å². The van der Waals surface area contributed by atoms with Gasteiger partial charge in [0.05, 0.1) is 4.47 Å². The van der Waals surface area contributed by atoms with Crippen LogP contribution < -0.4 is 5.32 Å². The van der Waals surface area contributed by atoms with Gasteiger partial charge in [0.1, 0.15) is 5.75 Å². The summed E-state index contributed by atoms with van der Waals surface area (Å²) in [5.74, 6) is 1.12. The molecule has 0 unspecified atom stereocenters. The molecule has 1 saturated carbocycles. The van der Waals surface area contributed by atoms with E-state index in [9.17, 15) is 5.11 Å². The largest absolute Gasteiger partial charge is 0.507 e. The van der Waals surface area contributed by atoms with Gasteiger partial charge in [0, 0.05) is 32.2 Å². The monoisotopic (exact) mass is 396 g/mol. The predicted octanol–water partition coefficient (Wildman–Crippen LogP) is 3.74. The van der Waals surface area contributed by atoms with Crippen molar-refractivity contribution in [1.29, 1.82) is 0 Å². The maximum absolute atomic E-state index is 9.68. The van der Waals surface area contributed by atoms with Crippen molar-refractivity contribution in [1.82, 2.24) is 10.2 Å². The Morgan fingerprint density at radius 3 is 2.38 bits per heavy atom. The van der Waals surface area contributed by atoms with Crippen LogP contribution in [0.15, 0.2) is 22.7 Å². The van der Waals surface area contributed by atoms with Crippen LogP contribution in [0.3, 0.4) is 0 Å². The van der Waals surface area contributed by atoms with Crippen LogP contribution in [0, 0.1) is 5.92 Å². The zero-order valence-electron chi connectivity index (χ0n) is 11.9. The van der Waals surface area contributed by atoms with E-state index >= 15 is 0 Å². The average Bonchev–Trinajstić information content (AvgIpc) is 2.38. The molecule has 1 aliphatic heterocycles. The molecule has 0 aromatic heterocycles. The third-order valence-electron chi connectivity index (χ3n) is 4.45. The first kappa shape index (κ1) is 19.0. The van der Waals surface area contributed by atoms with Crippen molar-refractivity contribution in [2.75, 3.05) is 26.2 Å². The zero-order chi connectivity index (χ0) is 13.2. The lowest BCUT2D eigenvalue weighted by Gasteiger charge is -2.43. The van der Waals surface area contributed by atoms with Gasteiger partial charge in [-0.15, -0.1) is 24.8 Å². The summed E-state index contributed by atoms with van der Waals surface area (Å²) in [5, 5.41) is 13.1. The first-order valence-electron chi connectivity index (χ1n) is 7.19. The minimum atomic E-state index is 0. The quantitative estimate of drug-likeness (QED) is 0.815. The summed E-state index contributed by atoms with van der Waals surface area (Å²) in [6, 6.07) is 6.52. The standard InChI is InChI=1S/C15H21BrN2O.2ClH/c16-13-10-12(4-5-14(13)19)15(11-2-1-3-11)18-8-6-17-7-9-18;;/h4-5,10-11,15,17,19H,1-3,6-9H2;2*1H/t15-;;/m1../s1. The van der Waals surface area contributed by atoms with Crippen molar-refractivity contribution in [3.63, 3.8) is 0 Å². The molecule has 1 aromatic carbocycles. The smallest absolute Gasteiger partial charge is 0.129 e. The molecule has 1 aliphatic carbocycles. The lowest BCUT2D eigenvalue weighted by molar-refractivity contribution is 0.0836. The van der Waals surface area contributed by atoms with Gasteiger partial charge in [-0.1, -0.05) is 12.5 Å². The maximum atomic E-state index is 9.68. The predicted molar refractivity (Wildman–Crippen MR) is 94.8 cm³/mol. The molecule has 1 heterocycles. The van der Waals surface area contributed by atoms with Crippen LogP contribution in [0.4, 0.5) is 0 Å². The van der Waals surface area contributed by atoms with Gasteiger partial charge in [-0.3, -0.25) is 4.90 Å². The van der Waals surface area contributed by atoms with Crippen LogP contribution in [0.5, 0.6) is 5.75 Å². The fourth-order valence-electron chi connectivity index (χ4n) is 3.20. The Labute approximate surface area is 147 Å². The van der Waals surface area contributed by atoms with E-state index in [1.54, 1.807) is 0 Å². The summed E-state index contributed by atoms with van der Waals surface area (Å²) < 4.78 is 0.810. The molecule has 21 heavy (non-hydrogen) atoms. The van der Waals surface area contributed by atoms with Crippen molar-refractivity contribution in [2.24, 2.45) is 5.92 Å². The summed E-state index contributed by atoms with van der Waals surface area (Å²) in [4.78, 5) is 2.61. The van der Waals surface area contributed by atoms with Crippen molar-refractivity contribution >= 4 is 40.7 Å². The van der Waals surface area contributed by atoms with E-state index in [2.05, 4.69) is 38.3 Å². The Morgan fingerprint density at radius 2 is 1.86 bits per heavy atom. The molecular formula is C15H23BrCl2N2O. The SMILES string of the molecule is Cl.Cl.Oc1ccc([C@@H](C2CCC2)N2CCNCC2)cc1Br. The first-order chi connectivity index (χ1) is 9.25. The first-order valence-corrected chi connectivity index (χ1v) is 7.98. The topological polar surface area (TPSA) is 35.5 Å². The molecule has 1 aromatic rings. The van der Waals surface area contributed by atoms with Gasteiger partial charge in [0.2, 0.25) is 0 Å². The van der Waals surface area contributed by atoms with E-state index in [0.717, 1.165) is 36.6 Å². The number of phenolic OH excluding ortho intramolecular Hbond substituents is 1. The Bertz CT molecular complexity index is 451. The molecule has 0 amide bonds. The lowest BCUT2D eigenvalue weighted by Crippen LogP contribution is -2.47. The number of piperazine rings is 1. The van der Waals surface area contributed by atoms with Crippen LogP contribution in [0.25, 0.3) is 0 Å². The summed E-state index contributed by atoms with van der Waals surface area (Å²) in [7, 11) is 0. The molecular weight excluding hydrogens is 375 g/mol. The number of phenols is 1. The third-order valence-corrected chi connectivity index (χ3v) is 5.09. The van der Waals surface area contributed by atoms with E-state index in [0.29, 0.717) is 11.8 Å².